The molecule has 1 aliphatic rings. The van der Waals surface area contributed by atoms with Crippen LogP contribution in [-0.2, 0) is 4.74 Å². The Morgan fingerprint density at radius 3 is 2.55 bits per heavy atom. The molecule has 0 amide bonds. The summed E-state index contributed by atoms with van der Waals surface area (Å²) in [7, 11) is 1.53. The van der Waals surface area contributed by atoms with Gasteiger partial charge in [0.1, 0.15) is 6.10 Å². The first-order chi connectivity index (χ1) is 13.8. The van der Waals surface area contributed by atoms with E-state index in [9.17, 15) is 17.6 Å². The Morgan fingerprint density at radius 2 is 1.93 bits per heavy atom. The molecule has 7 nitrogen and oxygen atoms in total. The second-order valence-corrected chi connectivity index (χ2v) is 6.87. The molecular weight excluding hydrogens is 394 g/mol. The highest BCUT2D eigenvalue weighted by Crippen LogP contribution is 2.42. The van der Waals surface area contributed by atoms with Gasteiger partial charge in [-0.1, -0.05) is 0 Å². The number of aromatic nitrogens is 5. The van der Waals surface area contributed by atoms with E-state index >= 15 is 0 Å². The van der Waals surface area contributed by atoms with Crippen LogP contribution in [0.15, 0.2) is 24.7 Å². The Bertz CT molecular complexity index is 1030. The molecular formula is C18H17F4N5O2. The van der Waals surface area contributed by atoms with E-state index in [1.807, 2.05) is 0 Å². The number of alkyl halides is 3. The van der Waals surface area contributed by atoms with Gasteiger partial charge in [-0.15, -0.1) is 10.2 Å². The topological polar surface area (TPSA) is 74.4 Å². The van der Waals surface area contributed by atoms with Gasteiger partial charge in [0.05, 0.1) is 11.9 Å². The molecule has 0 unspecified atom stereocenters. The van der Waals surface area contributed by atoms with E-state index in [2.05, 4.69) is 20.2 Å². The Hall–Kier alpha value is -2.82. The molecule has 0 aromatic carbocycles. The van der Waals surface area contributed by atoms with Crippen molar-refractivity contribution < 1.29 is 27.0 Å². The Morgan fingerprint density at radius 1 is 1.17 bits per heavy atom. The van der Waals surface area contributed by atoms with Crippen LogP contribution in [0.5, 0.6) is 5.88 Å². The van der Waals surface area contributed by atoms with Crippen LogP contribution in [0.3, 0.4) is 0 Å². The summed E-state index contributed by atoms with van der Waals surface area (Å²) in [6, 6.07) is 1.04. The van der Waals surface area contributed by atoms with E-state index in [0.29, 0.717) is 30.0 Å². The van der Waals surface area contributed by atoms with Crippen molar-refractivity contribution in [3.63, 3.8) is 0 Å². The smallest absolute Gasteiger partial charge is 0.425 e. The molecule has 0 N–H and O–H groups in total. The van der Waals surface area contributed by atoms with Crippen LogP contribution >= 0.6 is 0 Å². The van der Waals surface area contributed by atoms with Gasteiger partial charge in [0, 0.05) is 31.0 Å². The summed E-state index contributed by atoms with van der Waals surface area (Å²) in [5.74, 6) is -1.80. The third-order valence-corrected chi connectivity index (χ3v) is 4.75. The van der Waals surface area contributed by atoms with Crippen molar-refractivity contribution in [3.05, 3.63) is 36.3 Å². The number of hydrogen-bond donors (Lipinski definition) is 0. The van der Waals surface area contributed by atoms with Gasteiger partial charge in [-0.3, -0.25) is 9.38 Å². The lowest BCUT2D eigenvalue weighted by Gasteiger charge is -2.21. The summed E-state index contributed by atoms with van der Waals surface area (Å²) in [4.78, 5) is 7.95. The quantitative estimate of drug-likeness (QED) is 0.575. The number of fused-ring (bicyclic) bond motifs is 1. The van der Waals surface area contributed by atoms with Crippen LogP contribution in [0.1, 0.15) is 31.7 Å². The molecule has 3 heterocycles. The molecule has 4 rings (SSSR count). The number of ether oxygens (including phenoxy) is 2. The van der Waals surface area contributed by atoms with Crippen LogP contribution in [-0.4, -0.2) is 44.0 Å². The van der Waals surface area contributed by atoms with Crippen molar-refractivity contribution >= 4 is 5.65 Å². The van der Waals surface area contributed by atoms with Gasteiger partial charge in [-0.25, -0.2) is 9.37 Å². The van der Waals surface area contributed by atoms with Gasteiger partial charge < -0.3 is 9.47 Å². The van der Waals surface area contributed by atoms with Gasteiger partial charge in [-0.05, 0) is 25.8 Å². The van der Waals surface area contributed by atoms with Crippen LogP contribution in [0.2, 0.25) is 0 Å². The lowest BCUT2D eigenvalue weighted by molar-refractivity contribution is -0.202. The minimum Gasteiger partial charge on any atom is -0.462 e. The molecule has 154 valence electrons. The maximum absolute atomic E-state index is 14.4. The minimum absolute atomic E-state index is 0.274. The standard InChI is InChI=1S/C18H17F4N5O2/c1-9(28-2)16-26-25-14-7-23-13(8-27(14)16)11-5-12(19)17(24-6-11)29-15(10-3-4-10)18(20,21)22/h5-10,15H,3-4H2,1-2H3/t9-,15+/m0/s1. The van der Waals surface area contributed by atoms with E-state index in [0.717, 1.165) is 6.07 Å². The Kier molecular flexibility index (Phi) is 4.85. The molecule has 0 spiro atoms. The van der Waals surface area contributed by atoms with Gasteiger partial charge in [0.15, 0.2) is 23.4 Å². The van der Waals surface area contributed by atoms with E-state index < -0.39 is 29.9 Å². The molecule has 0 radical (unpaired) electrons. The van der Waals surface area contributed by atoms with Crippen molar-refractivity contribution in [2.75, 3.05) is 7.11 Å². The first-order valence-electron chi connectivity index (χ1n) is 8.90. The normalized spacial score (nSPS) is 16.8. The van der Waals surface area contributed by atoms with Crippen LogP contribution < -0.4 is 4.74 Å². The molecule has 3 aromatic rings. The zero-order valence-electron chi connectivity index (χ0n) is 15.5. The number of hydrogen-bond acceptors (Lipinski definition) is 6. The summed E-state index contributed by atoms with van der Waals surface area (Å²) < 4.78 is 65.6. The van der Waals surface area contributed by atoms with Gasteiger partial charge in [0.2, 0.25) is 0 Å². The van der Waals surface area contributed by atoms with Crippen LogP contribution in [0, 0.1) is 11.7 Å². The number of halogens is 4. The van der Waals surface area contributed by atoms with Crippen molar-refractivity contribution in [2.45, 2.75) is 38.1 Å². The van der Waals surface area contributed by atoms with Gasteiger partial charge in [0.25, 0.3) is 5.88 Å². The second-order valence-electron chi connectivity index (χ2n) is 6.87. The van der Waals surface area contributed by atoms with E-state index in [1.54, 1.807) is 17.5 Å². The number of pyridine rings is 1. The van der Waals surface area contributed by atoms with Gasteiger partial charge >= 0.3 is 6.18 Å². The first kappa shape index (κ1) is 19.5. The van der Waals surface area contributed by atoms with Crippen LogP contribution in [0.25, 0.3) is 16.9 Å². The Labute approximate surface area is 162 Å². The molecule has 0 bridgehead atoms. The summed E-state index contributed by atoms with van der Waals surface area (Å²) in [5.41, 5.74) is 1.09. The van der Waals surface area contributed by atoms with Crippen molar-refractivity contribution in [3.8, 4) is 17.1 Å². The zero-order chi connectivity index (χ0) is 20.8. The van der Waals surface area contributed by atoms with Gasteiger partial charge in [-0.2, -0.15) is 13.2 Å². The predicted octanol–water partition coefficient (Wildman–Crippen LogP) is 3.75. The number of methoxy groups -OCH3 is 1. The third kappa shape index (κ3) is 3.86. The lowest BCUT2D eigenvalue weighted by Crippen LogP contribution is -2.36. The SMILES string of the molecule is CO[C@@H](C)c1nnc2cnc(-c3cnc(O[C@H](C4CC4)C(F)(F)F)c(F)c3)cn12. The molecule has 0 saturated heterocycles. The molecule has 3 aromatic heterocycles. The van der Waals surface area contributed by atoms with Crippen LogP contribution in [0.4, 0.5) is 17.6 Å². The molecule has 1 fully saturated rings. The third-order valence-electron chi connectivity index (χ3n) is 4.75. The fraction of sp³-hybridized carbons (Fsp3) is 0.444. The average Bonchev–Trinajstić information content (AvgIpc) is 3.43. The van der Waals surface area contributed by atoms with E-state index in [4.69, 9.17) is 9.47 Å². The molecule has 29 heavy (non-hydrogen) atoms. The summed E-state index contributed by atoms with van der Waals surface area (Å²) in [6.07, 6.45) is -1.93. The zero-order valence-corrected chi connectivity index (χ0v) is 15.5. The monoisotopic (exact) mass is 411 g/mol. The van der Waals surface area contributed by atoms with Crippen molar-refractivity contribution in [1.82, 2.24) is 24.6 Å². The van der Waals surface area contributed by atoms with Crippen molar-refractivity contribution in [1.29, 1.82) is 0 Å². The fourth-order valence-corrected chi connectivity index (χ4v) is 2.95. The number of nitrogens with zero attached hydrogens (tertiary/aromatic N) is 5. The minimum atomic E-state index is -4.58. The maximum Gasteiger partial charge on any atom is 0.425 e. The highest BCUT2D eigenvalue weighted by atomic mass is 19.4. The number of rotatable bonds is 6. The van der Waals surface area contributed by atoms with Crippen molar-refractivity contribution in [2.24, 2.45) is 5.92 Å². The average molecular weight is 411 g/mol. The Balaban J connectivity index is 1.64. The molecule has 11 heteroatoms. The summed E-state index contributed by atoms with van der Waals surface area (Å²) >= 11 is 0. The molecule has 2 atom stereocenters. The first-order valence-corrected chi connectivity index (χ1v) is 8.90. The highest BCUT2D eigenvalue weighted by Gasteiger charge is 2.51. The molecule has 1 saturated carbocycles. The summed E-state index contributed by atoms with van der Waals surface area (Å²) in [6.45, 7) is 1.79. The molecule has 0 aliphatic heterocycles. The predicted molar refractivity (Wildman–Crippen MR) is 92.6 cm³/mol. The highest BCUT2D eigenvalue weighted by molar-refractivity contribution is 5.59. The van der Waals surface area contributed by atoms with E-state index in [-0.39, 0.29) is 11.7 Å². The second kappa shape index (κ2) is 7.21. The summed E-state index contributed by atoms with van der Waals surface area (Å²) in [5, 5.41) is 8.03. The largest absolute Gasteiger partial charge is 0.462 e. The molecule has 1 aliphatic carbocycles. The fourth-order valence-electron chi connectivity index (χ4n) is 2.95. The lowest BCUT2D eigenvalue weighted by atomic mass is 10.2. The van der Waals surface area contributed by atoms with E-state index in [1.165, 1.54) is 19.5 Å². The maximum atomic E-state index is 14.4.